The zero-order valence-electron chi connectivity index (χ0n) is 12.0. The van der Waals surface area contributed by atoms with Gasteiger partial charge < -0.3 is 19.7 Å². The number of alkyl halides is 1. The van der Waals surface area contributed by atoms with Crippen molar-refractivity contribution in [2.75, 3.05) is 18.9 Å². The largest absolute Gasteiger partial charge is 0.490 e. The molecular formula is C15H17FN2O3. The van der Waals surface area contributed by atoms with Crippen LogP contribution >= 0.6 is 0 Å². The van der Waals surface area contributed by atoms with Crippen LogP contribution in [0.1, 0.15) is 25.8 Å². The second-order valence-electron chi connectivity index (χ2n) is 5.48. The van der Waals surface area contributed by atoms with Crippen LogP contribution in [0.4, 0.5) is 10.3 Å². The van der Waals surface area contributed by atoms with Crippen LogP contribution in [0.2, 0.25) is 0 Å². The summed E-state index contributed by atoms with van der Waals surface area (Å²) in [6, 6.07) is 4.96. The van der Waals surface area contributed by atoms with Crippen molar-refractivity contribution >= 4 is 5.88 Å². The quantitative estimate of drug-likeness (QED) is 0.919. The van der Waals surface area contributed by atoms with E-state index in [0.717, 1.165) is 6.42 Å². The summed E-state index contributed by atoms with van der Waals surface area (Å²) < 4.78 is 30.7. The van der Waals surface area contributed by atoms with Gasteiger partial charge >= 0.3 is 0 Å². The molecule has 0 atom stereocenters. The number of hydrogen-bond donors (Lipinski definition) is 1. The Balaban J connectivity index is 2.18. The number of fused-ring (bicyclic) bond motifs is 1. The van der Waals surface area contributed by atoms with Crippen molar-refractivity contribution in [1.82, 2.24) is 5.16 Å². The molecule has 6 heteroatoms. The van der Waals surface area contributed by atoms with E-state index in [9.17, 15) is 4.39 Å². The van der Waals surface area contributed by atoms with Gasteiger partial charge in [-0.3, -0.25) is 0 Å². The first-order valence-electron chi connectivity index (χ1n) is 6.81. The Morgan fingerprint density at radius 1 is 1.14 bits per heavy atom. The van der Waals surface area contributed by atoms with Crippen molar-refractivity contribution in [1.29, 1.82) is 0 Å². The predicted octanol–water partition coefficient (Wildman–Crippen LogP) is 3.29. The molecule has 0 saturated heterocycles. The standard InChI is InChI=1S/C15H17FN2O3/c1-15(2,16)10-7-13-12(19-4-3-5-20-13)6-9(10)11-8-14(17)21-18-11/h6-8H,3-5,17H2,1-2H3. The van der Waals surface area contributed by atoms with Gasteiger partial charge in [0.1, 0.15) is 11.4 Å². The summed E-state index contributed by atoms with van der Waals surface area (Å²) in [6.45, 7) is 4.08. The summed E-state index contributed by atoms with van der Waals surface area (Å²) in [5.41, 5.74) is 5.52. The molecule has 0 unspecified atom stereocenters. The number of ether oxygens (including phenoxy) is 2. The number of nitrogen functional groups attached to an aromatic ring is 1. The molecule has 0 aliphatic carbocycles. The highest BCUT2D eigenvalue weighted by Gasteiger charge is 2.28. The number of rotatable bonds is 2. The topological polar surface area (TPSA) is 70.5 Å². The molecule has 2 heterocycles. The van der Waals surface area contributed by atoms with Crippen LogP contribution in [0.5, 0.6) is 11.5 Å². The van der Waals surface area contributed by atoms with E-state index in [-0.39, 0.29) is 5.88 Å². The fourth-order valence-corrected chi connectivity index (χ4v) is 2.33. The van der Waals surface area contributed by atoms with E-state index >= 15 is 0 Å². The minimum Gasteiger partial charge on any atom is -0.490 e. The van der Waals surface area contributed by atoms with Crippen LogP contribution in [0.3, 0.4) is 0 Å². The van der Waals surface area contributed by atoms with E-state index in [1.54, 1.807) is 18.2 Å². The van der Waals surface area contributed by atoms with Gasteiger partial charge in [-0.2, -0.15) is 0 Å². The number of benzene rings is 1. The highest BCUT2D eigenvalue weighted by atomic mass is 19.1. The zero-order valence-corrected chi connectivity index (χ0v) is 12.0. The molecule has 1 aromatic heterocycles. The zero-order chi connectivity index (χ0) is 15.0. The summed E-state index contributed by atoms with van der Waals surface area (Å²) in [5, 5.41) is 3.87. The van der Waals surface area contributed by atoms with Crippen molar-refractivity contribution in [3.8, 4) is 22.8 Å². The number of nitrogens with two attached hydrogens (primary N) is 1. The molecule has 1 aliphatic heterocycles. The third-order valence-corrected chi connectivity index (χ3v) is 3.33. The Morgan fingerprint density at radius 2 is 1.81 bits per heavy atom. The lowest BCUT2D eigenvalue weighted by atomic mass is 9.92. The molecular weight excluding hydrogens is 275 g/mol. The summed E-state index contributed by atoms with van der Waals surface area (Å²) in [6.07, 6.45) is 0.787. The lowest BCUT2D eigenvalue weighted by molar-refractivity contribution is 0.221. The normalized spacial score (nSPS) is 14.8. The number of anilines is 1. The molecule has 2 aromatic rings. The Bertz CT molecular complexity index is 661. The maximum atomic E-state index is 14.6. The molecule has 2 N–H and O–H groups in total. The number of nitrogens with zero attached hydrogens (tertiary/aromatic N) is 1. The molecule has 1 aliphatic rings. The first kappa shape index (κ1) is 13.7. The van der Waals surface area contributed by atoms with Crippen molar-refractivity contribution in [2.45, 2.75) is 25.9 Å². The van der Waals surface area contributed by atoms with Gasteiger partial charge in [0.2, 0.25) is 5.88 Å². The minimum atomic E-state index is -1.56. The molecule has 0 spiro atoms. The Labute approximate surface area is 121 Å². The van der Waals surface area contributed by atoms with E-state index in [1.807, 2.05) is 0 Å². The van der Waals surface area contributed by atoms with E-state index in [2.05, 4.69) is 5.16 Å². The second-order valence-corrected chi connectivity index (χ2v) is 5.48. The molecule has 0 radical (unpaired) electrons. The molecule has 1 aromatic carbocycles. The van der Waals surface area contributed by atoms with Gasteiger partial charge in [-0.05, 0) is 26.0 Å². The first-order chi connectivity index (χ1) is 9.95. The monoisotopic (exact) mass is 292 g/mol. The van der Waals surface area contributed by atoms with Crippen molar-refractivity contribution in [3.05, 3.63) is 23.8 Å². The van der Waals surface area contributed by atoms with Gasteiger partial charge in [0.15, 0.2) is 11.5 Å². The van der Waals surface area contributed by atoms with Gasteiger partial charge in [0.05, 0.1) is 13.2 Å². The van der Waals surface area contributed by atoms with Crippen LogP contribution in [-0.4, -0.2) is 18.4 Å². The SMILES string of the molecule is CC(C)(F)c1cc2c(cc1-c1cc(N)on1)OCCCO2. The first-order valence-corrected chi connectivity index (χ1v) is 6.81. The molecule has 0 fully saturated rings. The molecule has 3 rings (SSSR count). The summed E-state index contributed by atoms with van der Waals surface area (Å²) in [5.74, 6) is 1.31. The van der Waals surface area contributed by atoms with Crippen LogP contribution < -0.4 is 15.2 Å². The van der Waals surface area contributed by atoms with E-state index in [1.165, 1.54) is 13.8 Å². The maximum Gasteiger partial charge on any atom is 0.222 e. The van der Waals surface area contributed by atoms with Gasteiger partial charge in [-0.25, -0.2) is 4.39 Å². The smallest absolute Gasteiger partial charge is 0.222 e. The minimum absolute atomic E-state index is 0.180. The van der Waals surface area contributed by atoms with Gasteiger partial charge in [-0.1, -0.05) is 5.16 Å². The third-order valence-electron chi connectivity index (χ3n) is 3.33. The molecule has 0 bridgehead atoms. The van der Waals surface area contributed by atoms with Crippen LogP contribution in [0, 0.1) is 0 Å². The van der Waals surface area contributed by atoms with Gasteiger partial charge in [0, 0.05) is 23.6 Å². The molecule has 21 heavy (non-hydrogen) atoms. The van der Waals surface area contributed by atoms with Crippen LogP contribution in [-0.2, 0) is 5.67 Å². The van der Waals surface area contributed by atoms with E-state index in [4.69, 9.17) is 19.7 Å². The third kappa shape index (κ3) is 2.66. The Hall–Kier alpha value is -2.24. The van der Waals surface area contributed by atoms with Crippen LogP contribution in [0.15, 0.2) is 22.7 Å². The lowest BCUT2D eigenvalue weighted by Crippen LogP contribution is -2.11. The number of halogens is 1. The molecule has 5 nitrogen and oxygen atoms in total. The average Bonchev–Trinajstić information content (AvgIpc) is 2.71. The molecule has 0 amide bonds. The molecule has 112 valence electrons. The Morgan fingerprint density at radius 3 is 2.38 bits per heavy atom. The van der Waals surface area contributed by atoms with Gasteiger partial charge in [0.25, 0.3) is 0 Å². The van der Waals surface area contributed by atoms with Crippen molar-refractivity contribution < 1.29 is 18.4 Å². The fraction of sp³-hybridized carbons (Fsp3) is 0.400. The van der Waals surface area contributed by atoms with Crippen molar-refractivity contribution in [3.63, 3.8) is 0 Å². The maximum absolute atomic E-state index is 14.6. The summed E-state index contributed by atoms with van der Waals surface area (Å²) >= 11 is 0. The number of hydrogen-bond acceptors (Lipinski definition) is 5. The summed E-state index contributed by atoms with van der Waals surface area (Å²) in [4.78, 5) is 0. The highest BCUT2D eigenvalue weighted by molar-refractivity contribution is 5.70. The fourth-order valence-electron chi connectivity index (χ4n) is 2.33. The van der Waals surface area contributed by atoms with Gasteiger partial charge in [-0.15, -0.1) is 0 Å². The van der Waals surface area contributed by atoms with Crippen LogP contribution in [0.25, 0.3) is 11.3 Å². The Kier molecular flexibility index (Phi) is 3.23. The highest BCUT2D eigenvalue weighted by Crippen LogP contribution is 2.42. The van der Waals surface area contributed by atoms with E-state index in [0.29, 0.717) is 41.5 Å². The number of aromatic nitrogens is 1. The van der Waals surface area contributed by atoms with Crippen molar-refractivity contribution in [2.24, 2.45) is 0 Å². The summed E-state index contributed by atoms with van der Waals surface area (Å²) in [7, 11) is 0. The second kappa shape index (κ2) is 4.95. The predicted molar refractivity (Wildman–Crippen MR) is 76.1 cm³/mol. The lowest BCUT2D eigenvalue weighted by Gasteiger charge is -2.20. The average molecular weight is 292 g/mol. The van der Waals surface area contributed by atoms with E-state index < -0.39 is 5.67 Å². The molecule has 0 saturated carbocycles.